The second-order valence-electron chi connectivity index (χ2n) is 7.47. The fourth-order valence-electron chi connectivity index (χ4n) is 2.80. The first-order chi connectivity index (χ1) is 12.7. The number of rotatable bonds is 5. The van der Waals surface area contributed by atoms with Gasteiger partial charge in [-0.15, -0.1) is 0 Å². The molecule has 2 unspecified atom stereocenters. The highest BCUT2D eigenvalue weighted by Gasteiger charge is 2.26. The number of piperazine rings is 1. The van der Waals surface area contributed by atoms with Gasteiger partial charge in [-0.25, -0.2) is 4.79 Å². The van der Waals surface area contributed by atoms with Crippen molar-refractivity contribution in [1.29, 1.82) is 0 Å². The van der Waals surface area contributed by atoms with Gasteiger partial charge in [-0.2, -0.15) is 0 Å². The Balaban J connectivity index is 1.91. The number of hydrogen-bond acceptors (Lipinski definition) is 6. The zero-order valence-electron chi connectivity index (χ0n) is 15.9. The molecule has 0 aliphatic carbocycles. The SMILES string of the molecule is CC(C)(C)OC(=O)N1CCN(c2ccc(C(O)C(O)CN=[N+]=[N-])cc2)CC1. The van der Waals surface area contributed by atoms with Gasteiger partial charge in [0.05, 0.1) is 12.6 Å². The molecular weight excluding hydrogens is 350 g/mol. The van der Waals surface area contributed by atoms with Gasteiger partial charge in [0.1, 0.15) is 11.7 Å². The van der Waals surface area contributed by atoms with Crippen molar-refractivity contribution in [2.45, 2.75) is 38.6 Å². The number of carbonyl (C=O) groups excluding carboxylic acids is 1. The fraction of sp³-hybridized carbons (Fsp3) is 0.611. The van der Waals surface area contributed by atoms with E-state index in [0.29, 0.717) is 31.7 Å². The summed E-state index contributed by atoms with van der Waals surface area (Å²) in [5, 5.41) is 23.2. The summed E-state index contributed by atoms with van der Waals surface area (Å²) in [6.07, 6.45) is -2.56. The minimum Gasteiger partial charge on any atom is -0.444 e. The van der Waals surface area contributed by atoms with Gasteiger partial charge in [-0.3, -0.25) is 0 Å². The van der Waals surface area contributed by atoms with Crippen LogP contribution >= 0.6 is 0 Å². The second kappa shape index (κ2) is 8.94. The first-order valence-corrected chi connectivity index (χ1v) is 8.91. The quantitative estimate of drug-likeness (QED) is 0.464. The molecule has 0 bridgehead atoms. The lowest BCUT2D eigenvalue weighted by molar-refractivity contribution is 0.0240. The normalized spacial score (nSPS) is 17.1. The molecule has 0 radical (unpaired) electrons. The maximum atomic E-state index is 12.1. The summed E-state index contributed by atoms with van der Waals surface area (Å²) in [5.41, 5.74) is 9.30. The molecule has 1 aliphatic rings. The van der Waals surface area contributed by atoms with Crippen molar-refractivity contribution in [3.05, 3.63) is 40.3 Å². The zero-order valence-corrected chi connectivity index (χ0v) is 15.9. The molecule has 0 aromatic heterocycles. The number of amides is 1. The molecule has 0 spiro atoms. The number of aliphatic hydroxyl groups excluding tert-OH is 2. The molecule has 1 aromatic carbocycles. The highest BCUT2D eigenvalue weighted by Crippen LogP contribution is 2.23. The first kappa shape index (κ1) is 20.8. The largest absolute Gasteiger partial charge is 0.444 e. The topological polar surface area (TPSA) is 122 Å². The Hall–Kier alpha value is -2.48. The number of hydrogen-bond donors (Lipinski definition) is 2. The molecular formula is C18H27N5O4. The van der Waals surface area contributed by atoms with E-state index in [9.17, 15) is 15.0 Å². The predicted molar refractivity (Wildman–Crippen MR) is 101 cm³/mol. The van der Waals surface area contributed by atoms with Crippen LogP contribution in [-0.4, -0.2) is 65.6 Å². The summed E-state index contributed by atoms with van der Waals surface area (Å²) in [7, 11) is 0. The molecule has 2 rings (SSSR count). The lowest BCUT2D eigenvalue weighted by Gasteiger charge is -2.36. The van der Waals surface area contributed by atoms with Gasteiger partial charge in [0.2, 0.25) is 0 Å². The van der Waals surface area contributed by atoms with Gasteiger partial charge in [-0.05, 0) is 44.0 Å². The van der Waals surface area contributed by atoms with Gasteiger partial charge in [0.25, 0.3) is 0 Å². The van der Waals surface area contributed by atoms with E-state index in [1.807, 2.05) is 32.9 Å². The summed E-state index contributed by atoms with van der Waals surface area (Å²) < 4.78 is 5.40. The van der Waals surface area contributed by atoms with Crippen LogP contribution in [0.5, 0.6) is 0 Å². The fourth-order valence-corrected chi connectivity index (χ4v) is 2.80. The molecule has 27 heavy (non-hydrogen) atoms. The van der Waals surface area contributed by atoms with Crippen LogP contribution in [0.25, 0.3) is 10.4 Å². The summed E-state index contributed by atoms with van der Waals surface area (Å²) >= 11 is 0. The minimum absolute atomic E-state index is 0.188. The van der Waals surface area contributed by atoms with Crippen LogP contribution in [0.15, 0.2) is 29.4 Å². The van der Waals surface area contributed by atoms with Gasteiger partial charge in [0.15, 0.2) is 0 Å². The summed E-state index contributed by atoms with van der Waals surface area (Å²) in [5.74, 6) is 0. The third kappa shape index (κ3) is 6.02. The van der Waals surface area contributed by atoms with Crippen LogP contribution in [0.3, 0.4) is 0 Å². The molecule has 2 atom stereocenters. The number of anilines is 1. The van der Waals surface area contributed by atoms with Crippen LogP contribution < -0.4 is 4.90 Å². The molecule has 9 heteroatoms. The van der Waals surface area contributed by atoms with E-state index in [0.717, 1.165) is 5.69 Å². The van der Waals surface area contributed by atoms with Crippen LogP contribution in [-0.2, 0) is 4.74 Å². The molecule has 1 fully saturated rings. The van der Waals surface area contributed by atoms with E-state index in [1.165, 1.54) is 0 Å². The Kier molecular flexibility index (Phi) is 6.90. The molecule has 1 aliphatic heterocycles. The predicted octanol–water partition coefficient (Wildman–Crippen LogP) is 2.45. The summed E-state index contributed by atoms with van der Waals surface area (Å²) in [6, 6.07) is 7.20. The Morgan fingerprint density at radius 3 is 2.33 bits per heavy atom. The lowest BCUT2D eigenvalue weighted by atomic mass is 10.0. The smallest absolute Gasteiger partial charge is 0.410 e. The number of azide groups is 1. The van der Waals surface area contributed by atoms with Gasteiger partial charge >= 0.3 is 6.09 Å². The van der Waals surface area contributed by atoms with E-state index >= 15 is 0 Å². The summed E-state index contributed by atoms with van der Waals surface area (Å²) in [6.45, 7) is 7.86. The molecule has 2 N–H and O–H groups in total. The number of benzene rings is 1. The van der Waals surface area contributed by atoms with E-state index in [4.69, 9.17) is 10.3 Å². The first-order valence-electron chi connectivity index (χ1n) is 8.91. The summed E-state index contributed by atoms with van der Waals surface area (Å²) in [4.78, 5) is 18.5. The minimum atomic E-state index is -1.15. The molecule has 0 saturated carbocycles. The average molecular weight is 377 g/mol. The molecule has 1 saturated heterocycles. The Labute approximate surface area is 158 Å². The van der Waals surface area contributed by atoms with E-state index in [-0.39, 0.29) is 12.6 Å². The Morgan fingerprint density at radius 1 is 1.22 bits per heavy atom. The average Bonchev–Trinajstić information content (AvgIpc) is 2.64. The number of aliphatic hydroxyl groups is 2. The van der Waals surface area contributed by atoms with Crippen LogP contribution in [0, 0.1) is 0 Å². The Bertz CT molecular complexity index is 674. The van der Waals surface area contributed by atoms with Crippen molar-refractivity contribution in [3.8, 4) is 0 Å². The van der Waals surface area contributed by atoms with Crippen molar-refractivity contribution in [1.82, 2.24) is 4.90 Å². The number of carbonyl (C=O) groups is 1. The Morgan fingerprint density at radius 2 is 1.81 bits per heavy atom. The van der Waals surface area contributed by atoms with Crippen molar-refractivity contribution >= 4 is 11.8 Å². The second-order valence-corrected chi connectivity index (χ2v) is 7.47. The highest BCUT2D eigenvalue weighted by atomic mass is 16.6. The van der Waals surface area contributed by atoms with Crippen LogP contribution in [0.4, 0.5) is 10.5 Å². The maximum absolute atomic E-state index is 12.1. The van der Waals surface area contributed by atoms with Crippen molar-refractivity contribution < 1.29 is 19.7 Å². The zero-order chi connectivity index (χ0) is 20.0. The van der Waals surface area contributed by atoms with Crippen LogP contribution in [0.2, 0.25) is 0 Å². The standard InChI is InChI=1S/C18H27N5O4/c1-18(2,3)27-17(26)23-10-8-22(9-11-23)14-6-4-13(5-7-14)16(25)15(24)12-20-21-19/h4-7,15-16,24-25H,8-12H2,1-3H3. The van der Waals surface area contributed by atoms with E-state index in [2.05, 4.69) is 14.9 Å². The van der Waals surface area contributed by atoms with E-state index in [1.54, 1.807) is 17.0 Å². The van der Waals surface area contributed by atoms with Crippen molar-refractivity contribution in [3.63, 3.8) is 0 Å². The monoisotopic (exact) mass is 377 g/mol. The maximum Gasteiger partial charge on any atom is 0.410 e. The molecule has 148 valence electrons. The number of nitrogens with zero attached hydrogens (tertiary/aromatic N) is 5. The molecule has 1 aromatic rings. The molecule has 1 heterocycles. The van der Waals surface area contributed by atoms with Gasteiger partial charge in [0, 0.05) is 36.8 Å². The highest BCUT2D eigenvalue weighted by molar-refractivity contribution is 5.68. The third-order valence-corrected chi connectivity index (χ3v) is 4.23. The van der Waals surface area contributed by atoms with E-state index < -0.39 is 17.8 Å². The van der Waals surface area contributed by atoms with Crippen molar-refractivity contribution in [2.75, 3.05) is 37.6 Å². The van der Waals surface area contributed by atoms with Crippen molar-refractivity contribution in [2.24, 2.45) is 5.11 Å². The molecule has 9 nitrogen and oxygen atoms in total. The number of ether oxygens (including phenoxy) is 1. The van der Waals surface area contributed by atoms with Gasteiger partial charge in [-0.1, -0.05) is 17.2 Å². The lowest BCUT2D eigenvalue weighted by Crippen LogP contribution is -2.50. The molecule has 1 amide bonds. The van der Waals surface area contributed by atoms with Crippen LogP contribution in [0.1, 0.15) is 32.4 Å². The third-order valence-electron chi connectivity index (χ3n) is 4.23. The van der Waals surface area contributed by atoms with Gasteiger partial charge < -0.3 is 24.7 Å².